The second-order valence-corrected chi connectivity index (χ2v) is 4.67. The van der Waals surface area contributed by atoms with E-state index in [0.717, 1.165) is 12.5 Å². The van der Waals surface area contributed by atoms with E-state index >= 15 is 0 Å². The van der Waals surface area contributed by atoms with Crippen LogP contribution in [-0.4, -0.2) is 6.54 Å². The molecule has 0 aliphatic carbocycles. The summed E-state index contributed by atoms with van der Waals surface area (Å²) < 4.78 is 0. The van der Waals surface area contributed by atoms with Crippen LogP contribution < -0.4 is 5.32 Å². The quantitative estimate of drug-likeness (QED) is 0.726. The highest BCUT2D eigenvalue weighted by molar-refractivity contribution is 5.18. The number of nitrogens with one attached hydrogen (secondary N) is 1. The lowest BCUT2D eigenvalue weighted by molar-refractivity contribution is 0.426. The summed E-state index contributed by atoms with van der Waals surface area (Å²) in [4.78, 5) is 0. The van der Waals surface area contributed by atoms with Crippen LogP contribution in [0.1, 0.15) is 51.6 Å². The molecule has 0 radical (unpaired) electrons. The fourth-order valence-electron chi connectivity index (χ4n) is 1.85. The normalized spacial score (nSPS) is 14.7. The van der Waals surface area contributed by atoms with Crippen molar-refractivity contribution in [3.63, 3.8) is 0 Å². The minimum Gasteiger partial charge on any atom is -0.310 e. The van der Waals surface area contributed by atoms with Crippen LogP contribution in [0.5, 0.6) is 0 Å². The summed E-state index contributed by atoms with van der Waals surface area (Å²) in [6.07, 6.45) is 3.70. The second-order valence-electron chi connectivity index (χ2n) is 4.67. The van der Waals surface area contributed by atoms with E-state index in [1.165, 1.54) is 24.8 Å². The third kappa shape index (κ3) is 4.36. The van der Waals surface area contributed by atoms with Crippen LogP contribution in [0.25, 0.3) is 0 Å². The van der Waals surface area contributed by atoms with Crippen LogP contribution in [-0.2, 0) is 0 Å². The fourth-order valence-corrected chi connectivity index (χ4v) is 1.85. The lowest BCUT2D eigenvalue weighted by Crippen LogP contribution is -2.26. The third-order valence-electron chi connectivity index (χ3n) is 3.19. The maximum Gasteiger partial charge on any atom is 0.0320 e. The van der Waals surface area contributed by atoms with Gasteiger partial charge in [0.2, 0.25) is 0 Å². The third-order valence-corrected chi connectivity index (χ3v) is 3.19. The Morgan fingerprint density at radius 2 is 1.81 bits per heavy atom. The highest BCUT2D eigenvalue weighted by atomic mass is 14.9. The predicted molar refractivity (Wildman–Crippen MR) is 71.5 cm³/mol. The molecule has 0 aromatic heterocycles. The molecule has 1 heteroatoms. The number of rotatable bonds is 7. The molecule has 1 N–H and O–H groups in total. The van der Waals surface area contributed by atoms with Crippen molar-refractivity contribution in [3.8, 4) is 0 Å². The van der Waals surface area contributed by atoms with Gasteiger partial charge in [-0.15, -0.1) is 0 Å². The van der Waals surface area contributed by atoms with Crippen molar-refractivity contribution < 1.29 is 0 Å². The molecule has 0 bridgehead atoms. The van der Waals surface area contributed by atoms with Crippen LogP contribution in [0, 0.1) is 5.92 Å². The molecule has 0 heterocycles. The van der Waals surface area contributed by atoms with Crippen molar-refractivity contribution in [1.29, 1.82) is 0 Å². The standard InChI is InChI=1S/C15H25N/c1-4-9-15(16-12-13(3)5-2)14-10-7-6-8-11-14/h6-8,10-11,13,15-16H,4-5,9,12H2,1-3H3. The van der Waals surface area contributed by atoms with Gasteiger partial charge in [0.15, 0.2) is 0 Å². The zero-order valence-corrected chi connectivity index (χ0v) is 10.9. The van der Waals surface area contributed by atoms with Gasteiger partial charge in [-0.25, -0.2) is 0 Å². The van der Waals surface area contributed by atoms with Gasteiger partial charge in [-0.2, -0.15) is 0 Å². The zero-order chi connectivity index (χ0) is 11.8. The summed E-state index contributed by atoms with van der Waals surface area (Å²) in [5, 5.41) is 3.69. The Bertz CT molecular complexity index is 268. The predicted octanol–water partition coefficient (Wildman–Crippen LogP) is 4.16. The largest absolute Gasteiger partial charge is 0.310 e. The SMILES string of the molecule is CCCC(NCC(C)CC)c1ccccc1. The molecule has 1 nitrogen and oxygen atoms in total. The Hall–Kier alpha value is -0.820. The van der Waals surface area contributed by atoms with E-state index < -0.39 is 0 Å². The molecule has 0 spiro atoms. The molecule has 0 aliphatic heterocycles. The monoisotopic (exact) mass is 219 g/mol. The molecule has 0 amide bonds. The van der Waals surface area contributed by atoms with Gasteiger partial charge in [0, 0.05) is 6.04 Å². The van der Waals surface area contributed by atoms with E-state index in [1.54, 1.807) is 0 Å². The fraction of sp³-hybridized carbons (Fsp3) is 0.600. The average molecular weight is 219 g/mol. The first-order chi connectivity index (χ1) is 7.77. The van der Waals surface area contributed by atoms with Crippen molar-refractivity contribution in [3.05, 3.63) is 35.9 Å². The highest BCUT2D eigenvalue weighted by Crippen LogP contribution is 2.18. The Balaban J connectivity index is 2.54. The average Bonchev–Trinajstić information content (AvgIpc) is 2.35. The van der Waals surface area contributed by atoms with Gasteiger partial charge in [-0.3, -0.25) is 0 Å². The van der Waals surface area contributed by atoms with E-state index in [1.807, 2.05) is 0 Å². The lowest BCUT2D eigenvalue weighted by Gasteiger charge is -2.20. The summed E-state index contributed by atoms with van der Waals surface area (Å²) in [6, 6.07) is 11.3. The van der Waals surface area contributed by atoms with Gasteiger partial charge in [0.05, 0.1) is 0 Å². The summed E-state index contributed by atoms with van der Waals surface area (Å²) in [5.74, 6) is 0.767. The lowest BCUT2D eigenvalue weighted by atomic mass is 10.0. The van der Waals surface area contributed by atoms with Crippen molar-refractivity contribution in [2.24, 2.45) is 5.92 Å². The first-order valence-corrected chi connectivity index (χ1v) is 6.56. The van der Waals surface area contributed by atoms with Crippen LogP contribution in [0.2, 0.25) is 0 Å². The number of hydrogen-bond acceptors (Lipinski definition) is 1. The molecule has 2 unspecified atom stereocenters. The Kier molecular flexibility index (Phi) is 6.17. The topological polar surface area (TPSA) is 12.0 Å². The molecule has 1 aromatic carbocycles. The summed E-state index contributed by atoms with van der Waals surface area (Å²) in [5.41, 5.74) is 1.42. The molecule has 0 aliphatic rings. The van der Waals surface area contributed by atoms with E-state index in [9.17, 15) is 0 Å². The number of hydrogen-bond donors (Lipinski definition) is 1. The van der Waals surface area contributed by atoms with E-state index in [2.05, 4.69) is 56.4 Å². The molecular formula is C15H25N. The molecule has 2 atom stereocenters. The molecule has 0 saturated heterocycles. The number of benzene rings is 1. The van der Waals surface area contributed by atoms with Crippen molar-refractivity contribution in [1.82, 2.24) is 5.32 Å². The summed E-state index contributed by atoms with van der Waals surface area (Å²) in [6.45, 7) is 7.93. The Labute approximate surface area is 100 Å². The molecule has 0 fully saturated rings. The van der Waals surface area contributed by atoms with E-state index in [0.29, 0.717) is 6.04 Å². The first kappa shape index (κ1) is 13.2. The van der Waals surface area contributed by atoms with Gasteiger partial charge < -0.3 is 5.32 Å². The van der Waals surface area contributed by atoms with Crippen molar-refractivity contribution >= 4 is 0 Å². The van der Waals surface area contributed by atoms with Crippen LogP contribution >= 0.6 is 0 Å². The van der Waals surface area contributed by atoms with Crippen molar-refractivity contribution in [2.75, 3.05) is 6.54 Å². The second kappa shape index (κ2) is 7.45. The molecule has 1 rings (SSSR count). The van der Waals surface area contributed by atoms with Gasteiger partial charge in [-0.1, -0.05) is 63.9 Å². The van der Waals surface area contributed by atoms with Gasteiger partial charge in [0.25, 0.3) is 0 Å². The van der Waals surface area contributed by atoms with Crippen LogP contribution in [0.4, 0.5) is 0 Å². The zero-order valence-electron chi connectivity index (χ0n) is 10.9. The highest BCUT2D eigenvalue weighted by Gasteiger charge is 2.10. The molecule has 90 valence electrons. The van der Waals surface area contributed by atoms with Gasteiger partial charge in [-0.05, 0) is 24.4 Å². The van der Waals surface area contributed by atoms with Crippen LogP contribution in [0.3, 0.4) is 0 Å². The smallest absolute Gasteiger partial charge is 0.0320 e. The van der Waals surface area contributed by atoms with E-state index in [4.69, 9.17) is 0 Å². The summed E-state index contributed by atoms with van der Waals surface area (Å²) in [7, 11) is 0. The van der Waals surface area contributed by atoms with Crippen molar-refractivity contribution in [2.45, 2.75) is 46.1 Å². The maximum absolute atomic E-state index is 3.69. The first-order valence-electron chi connectivity index (χ1n) is 6.56. The molecule has 1 aromatic rings. The molecule has 0 saturated carbocycles. The Morgan fingerprint density at radius 1 is 1.12 bits per heavy atom. The summed E-state index contributed by atoms with van der Waals surface area (Å²) >= 11 is 0. The Morgan fingerprint density at radius 3 is 2.38 bits per heavy atom. The maximum atomic E-state index is 3.69. The van der Waals surface area contributed by atoms with Crippen LogP contribution in [0.15, 0.2) is 30.3 Å². The van der Waals surface area contributed by atoms with Gasteiger partial charge >= 0.3 is 0 Å². The minimum atomic E-state index is 0.528. The van der Waals surface area contributed by atoms with Gasteiger partial charge in [0.1, 0.15) is 0 Å². The molecule has 16 heavy (non-hydrogen) atoms. The molecular weight excluding hydrogens is 194 g/mol. The van der Waals surface area contributed by atoms with E-state index in [-0.39, 0.29) is 0 Å². The minimum absolute atomic E-state index is 0.528.